The van der Waals surface area contributed by atoms with Gasteiger partial charge in [-0.1, -0.05) is 35.9 Å². The van der Waals surface area contributed by atoms with E-state index in [1.165, 1.54) is 18.2 Å². The molecule has 2 amide bonds. The largest absolute Gasteiger partial charge is 0.459 e. The molecule has 4 aromatic rings. The van der Waals surface area contributed by atoms with E-state index in [0.717, 1.165) is 39.0 Å². The normalized spacial score (nSPS) is 13.0. The second kappa shape index (κ2) is 11.6. The smallest absolute Gasteiger partial charge is 0.294 e. The number of nitrogens with zero attached hydrogens (tertiary/aromatic N) is 2. The van der Waals surface area contributed by atoms with Crippen molar-refractivity contribution in [2.24, 2.45) is 0 Å². The van der Waals surface area contributed by atoms with E-state index in [1.807, 2.05) is 44.2 Å². The van der Waals surface area contributed by atoms with Crippen LogP contribution in [-0.2, 0) is 32.7 Å². The van der Waals surface area contributed by atoms with Gasteiger partial charge in [-0.25, -0.2) is 4.98 Å². The number of amides is 2. The Morgan fingerprint density at radius 2 is 1.85 bits per heavy atom. The van der Waals surface area contributed by atoms with Crippen molar-refractivity contribution in [3.8, 4) is 0 Å². The molecule has 0 spiro atoms. The zero-order valence-corrected chi connectivity index (χ0v) is 22.7. The lowest BCUT2D eigenvalue weighted by atomic mass is 10.0. The molecule has 0 bridgehead atoms. The van der Waals surface area contributed by atoms with Crippen LogP contribution in [-0.4, -0.2) is 41.7 Å². The zero-order valence-electron chi connectivity index (χ0n) is 21.8. The highest BCUT2D eigenvalue weighted by Gasteiger charge is 2.16. The molecule has 39 heavy (non-hydrogen) atoms. The van der Waals surface area contributed by atoms with E-state index < -0.39 is 10.1 Å². The highest BCUT2D eigenvalue weighted by Crippen LogP contribution is 2.26. The van der Waals surface area contributed by atoms with Gasteiger partial charge in [0.15, 0.2) is 0 Å². The first-order valence-electron chi connectivity index (χ1n) is 12.2. The lowest BCUT2D eigenvalue weighted by molar-refractivity contribution is -0.125. The molecule has 0 unspecified atom stereocenters. The van der Waals surface area contributed by atoms with Gasteiger partial charge in [-0.15, -0.1) is 0 Å². The van der Waals surface area contributed by atoms with E-state index in [4.69, 9.17) is 8.97 Å². The van der Waals surface area contributed by atoms with Gasteiger partial charge < -0.3 is 14.6 Å². The third-order valence-corrected chi connectivity index (χ3v) is 7.17. The Morgan fingerprint density at radius 3 is 2.54 bits per heavy atom. The van der Waals surface area contributed by atoms with Crippen LogP contribution in [0, 0.1) is 13.8 Å². The molecule has 9 nitrogen and oxygen atoms in total. The number of rotatable bonds is 5. The van der Waals surface area contributed by atoms with Crippen LogP contribution >= 0.6 is 0 Å². The van der Waals surface area contributed by atoms with Crippen LogP contribution < -0.4 is 5.32 Å². The maximum Gasteiger partial charge on any atom is 0.294 e. The molecule has 2 N–H and O–H groups in total. The molecular weight excluding hydrogens is 518 g/mol. The quantitative estimate of drug-likeness (QED) is 0.268. The molecule has 2 aromatic heterocycles. The van der Waals surface area contributed by atoms with Gasteiger partial charge >= 0.3 is 0 Å². The number of fused-ring (bicyclic) bond motifs is 2. The van der Waals surface area contributed by atoms with E-state index in [9.17, 15) is 18.0 Å². The summed E-state index contributed by atoms with van der Waals surface area (Å²) < 4.78 is 35.4. The minimum Gasteiger partial charge on any atom is -0.459 e. The Hall–Kier alpha value is -4.28. The first kappa shape index (κ1) is 27.7. The summed E-state index contributed by atoms with van der Waals surface area (Å²) in [7, 11) is -2.27. The third-order valence-electron chi connectivity index (χ3n) is 6.30. The van der Waals surface area contributed by atoms with Gasteiger partial charge in [0.1, 0.15) is 17.2 Å². The van der Waals surface area contributed by atoms with Gasteiger partial charge in [-0.05, 0) is 61.7 Å². The van der Waals surface area contributed by atoms with Crippen molar-refractivity contribution in [3.63, 3.8) is 0 Å². The molecule has 5 rings (SSSR count). The number of pyridine rings is 1. The maximum atomic E-state index is 12.5. The molecule has 0 saturated carbocycles. The van der Waals surface area contributed by atoms with Crippen molar-refractivity contribution in [1.82, 2.24) is 9.88 Å². The summed E-state index contributed by atoms with van der Waals surface area (Å²) in [5.74, 6) is 1.26. The Kier molecular flexibility index (Phi) is 8.27. The number of likely N-dealkylation sites (N-methyl/N-ethyl adjacent to an activating group) is 1. The predicted molar refractivity (Wildman–Crippen MR) is 149 cm³/mol. The molecular formula is C29H29N3O6S. The van der Waals surface area contributed by atoms with Crippen molar-refractivity contribution in [2.75, 3.05) is 12.4 Å². The van der Waals surface area contributed by atoms with Gasteiger partial charge in [0.25, 0.3) is 10.1 Å². The van der Waals surface area contributed by atoms with Crippen LogP contribution in [0.3, 0.4) is 0 Å². The number of carbonyl (C=O) groups is 2. The lowest BCUT2D eigenvalue weighted by Crippen LogP contribution is -2.24. The molecule has 1 aliphatic rings. The van der Waals surface area contributed by atoms with Crippen LogP contribution in [0.1, 0.15) is 34.4 Å². The van der Waals surface area contributed by atoms with Gasteiger partial charge in [-0.2, -0.15) is 8.42 Å². The zero-order chi connectivity index (χ0) is 28.2. The second-order valence-electron chi connectivity index (χ2n) is 9.29. The summed E-state index contributed by atoms with van der Waals surface area (Å²) in [5.41, 5.74) is 4.66. The van der Waals surface area contributed by atoms with Crippen LogP contribution in [0.15, 0.2) is 76.2 Å². The lowest BCUT2D eigenvalue weighted by Gasteiger charge is -2.16. The van der Waals surface area contributed by atoms with E-state index >= 15 is 0 Å². The minimum atomic E-state index is -4.02. The molecule has 0 fully saturated rings. The molecule has 0 saturated heterocycles. The molecule has 3 heterocycles. The van der Waals surface area contributed by atoms with Gasteiger partial charge in [0.2, 0.25) is 11.8 Å². The van der Waals surface area contributed by atoms with Crippen molar-refractivity contribution in [3.05, 3.63) is 94.9 Å². The van der Waals surface area contributed by atoms with E-state index in [-0.39, 0.29) is 16.7 Å². The number of para-hydroxylation sites is 1. The Balaban J connectivity index is 0.000000270. The number of hydrogen-bond donors (Lipinski definition) is 2. The van der Waals surface area contributed by atoms with Gasteiger partial charge in [0, 0.05) is 36.7 Å². The molecule has 10 heteroatoms. The number of benzene rings is 2. The summed E-state index contributed by atoms with van der Waals surface area (Å²) >= 11 is 0. The topological polar surface area (TPSA) is 130 Å². The SMILES string of the molecule is Cc1c(CN(C)C(=O)/C=C/c2cnc3c(c2)CCC(=O)N3)oc2ccccc12.Cc1ccc(S(=O)(=O)O)cc1. The molecule has 2 aromatic carbocycles. The Morgan fingerprint density at radius 1 is 1.13 bits per heavy atom. The third kappa shape index (κ3) is 6.98. The van der Waals surface area contributed by atoms with Crippen molar-refractivity contribution >= 4 is 44.8 Å². The van der Waals surface area contributed by atoms with Crippen LogP contribution in [0.25, 0.3) is 17.0 Å². The van der Waals surface area contributed by atoms with Crippen molar-refractivity contribution < 1.29 is 27.0 Å². The monoisotopic (exact) mass is 547 g/mol. The fourth-order valence-electron chi connectivity index (χ4n) is 4.04. The number of carbonyl (C=O) groups excluding carboxylic acids is 2. The number of anilines is 1. The minimum absolute atomic E-state index is 0.0130. The standard InChI is InChI=1S/C22H21N3O3.C7H8O3S/c1-14-17-5-3-4-6-18(17)28-19(14)13-25(2)21(27)10-7-15-11-16-8-9-20(26)24-22(16)23-12-15;1-6-2-4-7(5-3-6)11(8,9)10/h3-7,10-12H,8-9,13H2,1-2H3,(H,23,24,26);2-5H,1H3,(H,8,9,10)/b10-7+;. The predicted octanol–water partition coefficient (Wildman–Crippen LogP) is 4.93. The summed E-state index contributed by atoms with van der Waals surface area (Å²) in [5, 5.41) is 3.82. The summed E-state index contributed by atoms with van der Waals surface area (Å²) in [4.78, 5) is 29.7. The Bertz CT molecular complexity index is 1660. The fourth-order valence-corrected chi connectivity index (χ4v) is 4.52. The van der Waals surface area contributed by atoms with Crippen LogP contribution in [0.2, 0.25) is 0 Å². The molecule has 1 aliphatic heterocycles. The van der Waals surface area contributed by atoms with Crippen molar-refractivity contribution in [2.45, 2.75) is 38.1 Å². The number of hydrogen-bond acceptors (Lipinski definition) is 6. The maximum absolute atomic E-state index is 12.5. The molecule has 202 valence electrons. The average molecular weight is 548 g/mol. The van der Waals surface area contributed by atoms with Gasteiger partial charge in [-0.3, -0.25) is 14.1 Å². The second-order valence-corrected chi connectivity index (χ2v) is 10.7. The highest BCUT2D eigenvalue weighted by molar-refractivity contribution is 7.85. The summed E-state index contributed by atoms with van der Waals surface area (Å²) in [6.45, 7) is 4.25. The highest BCUT2D eigenvalue weighted by atomic mass is 32.2. The number of aromatic nitrogens is 1. The first-order valence-corrected chi connectivity index (χ1v) is 13.7. The summed E-state index contributed by atoms with van der Waals surface area (Å²) in [6.07, 6.45) is 6.05. The summed E-state index contributed by atoms with van der Waals surface area (Å²) in [6, 6.07) is 15.8. The molecule has 0 atom stereocenters. The number of furan rings is 1. The van der Waals surface area contributed by atoms with Crippen molar-refractivity contribution in [1.29, 1.82) is 0 Å². The van der Waals surface area contributed by atoms with E-state index in [2.05, 4.69) is 10.3 Å². The first-order chi connectivity index (χ1) is 18.5. The number of nitrogens with one attached hydrogen (secondary N) is 1. The molecule has 0 radical (unpaired) electrons. The number of aryl methyl sites for hydroxylation is 3. The molecule has 0 aliphatic carbocycles. The van der Waals surface area contributed by atoms with E-state index in [0.29, 0.717) is 25.2 Å². The Labute approximate surface area is 226 Å². The van der Waals surface area contributed by atoms with Crippen LogP contribution in [0.4, 0.5) is 5.82 Å². The average Bonchev–Trinajstić information content (AvgIpc) is 3.22. The fraction of sp³-hybridized carbons (Fsp3) is 0.207. The van der Waals surface area contributed by atoms with Gasteiger partial charge in [0.05, 0.1) is 11.4 Å². The van der Waals surface area contributed by atoms with E-state index in [1.54, 1.807) is 36.4 Å². The van der Waals surface area contributed by atoms with Crippen LogP contribution in [0.5, 0.6) is 0 Å².